The van der Waals surface area contributed by atoms with E-state index in [0.29, 0.717) is 59.1 Å². The largest absolute Gasteiger partial charge is 0.493 e. The molecule has 3 aromatic rings. The lowest BCUT2D eigenvalue weighted by Crippen LogP contribution is -2.48. The van der Waals surface area contributed by atoms with Crippen molar-refractivity contribution in [2.24, 2.45) is 0 Å². The minimum absolute atomic E-state index is 0.224. The number of ether oxygens (including phenoxy) is 2. The molecule has 1 N–H and O–H groups in total. The second-order valence-electron chi connectivity index (χ2n) is 8.03. The van der Waals surface area contributed by atoms with Crippen molar-refractivity contribution in [2.45, 2.75) is 0 Å². The summed E-state index contributed by atoms with van der Waals surface area (Å²) in [4.78, 5) is 17.1. The third-order valence-corrected chi connectivity index (χ3v) is 7.07. The lowest BCUT2D eigenvalue weighted by molar-refractivity contribution is -0.118. The number of nitrogens with zero attached hydrogens (tertiary/aromatic N) is 2. The van der Waals surface area contributed by atoms with E-state index in [1.54, 1.807) is 42.5 Å². The van der Waals surface area contributed by atoms with Gasteiger partial charge in [-0.05, 0) is 42.5 Å². The van der Waals surface area contributed by atoms with E-state index in [1.807, 2.05) is 17.0 Å². The third kappa shape index (κ3) is 6.00. The van der Waals surface area contributed by atoms with Crippen LogP contribution in [0.2, 0.25) is 10.0 Å². The molecule has 1 aliphatic heterocycles. The molecular formula is C26H24Cl2FN3O3S. The molecule has 10 heteroatoms. The molecule has 1 amide bonds. The van der Waals surface area contributed by atoms with E-state index in [9.17, 15) is 9.18 Å². The molecule has 1 saturated heterocycles. The van der Waals surface area contributed by atoms with E-state index in [1.165, 1.54) is 13.2 Å². The minimum Gasteiger partial charge on any atom is -0.493 e. The Bertz CT molecular complexity index is 1270. The number of anilines is 2. The Hall–Kier alpha value is -3.07. The number of thiocarbonyl (C=S) groups is 1. The highest BCUT2D eigenvalue weighted by Gasteiger charge is 2.22. The molecule has 1 fully saturated rings. The normalized spacial score (nSPS) is 13.3. The second-order valence-corrected chi connectivity index (χ2v) is 9.21. The monoisotopic (exact) mass is 547 g/mol. The molecule has 0 unspecified atom stereocenters. The Labute approximate surface area is 224 Å². The van der Waals surface area contributed by atoms with Crippen molar-refractivity contribution in [1.29, 1.82) is 0 Å². The first kappa shape index (κ1) is 26.0. The number of hydrogen-bond acceptors (Lipinski definition) is 5. The van der Waals surface area contributed by atoms with Crippen molar-refractivity contribution >= 4 is 57.7 Å². The highest BCUT2D eigenvalue weighted by Crippen LogP contribution is 2.31. The number of nitrogens with one attached hydrogen (secondary N) is 1. The average Bonchev–Trinajstić information content (AvgIpc) is 2.90. The van der Waals surface area contributed by atoms with Crippen LogP contribution in [0.1, 0.15) is 5.56 Å². The zero-order valence-electron chi connectivity index (χ0n) is 19.5. The first-order valence-corrected chi connectivity index (χ1v) is 12.4. The fraction of sp³-hybridized carbons (Fsp3) is 0.231. The van der Waals surface area contributed by atoms with Gasteiger partial charge in [0.2, 0.25) is 0 Å². The van der Waals surface area contributed by atoms with Crippen molar-refractivity contribution in [1.82, 2.24) is 4.90 Å². The van der Waals surface area contributed by atoms with E-state index in [-0.39, 0.29) is 17.4 Å². The first-order chi connectivity index (χ1) is 17.4. The Morgan fingerprint density at radius 3 is 2.50 bits per heavy atom. The summed E-state index contributed by atoms with van der Waals surface area (Å²) in [7, 11) is 1.52. The molecule has 1 aliphatic rings. The van der Waals surface area contributed by atoms with Crippen LogP contribution in [0, 0.1) is 5.82 Å². The van der Waals surface area contributed by atoms with Crippen LogP contribution in [0.15, 0.2) is 60.7 Å². The maximum absolute atomic E-state index is 14.1. The maximum Gasteiger partial charge on any atom is 0.262 e. The molecule has 0 aliphatic carbocycles. The molecule has 0 saturated carbocycles. The van der Waals surface area contributed by atoms with Crippen molar-refractivity contribution in [3.8, 4) is 11.5 Å². The zero-order valence-corrected chi connectivity index (χ0v) is 21.8. The molecule has 0 bridgehead atoms. The number of piperazine rings is 1. The van der Waals surface area contributed by atoms with Crippen molar-refractivity contribution in [3.63, 3.8) is 0 Å². The van der Waals surface area contributed by atoms with Crippen LogP contribution in [0.3, 0.4) is 0 Å². The summed E-state index contributed by atoms with van der Waals surface area (Å²) < 4.78 is 25.3. The molecule has 188 valence electrons. The van der Waals surface area contributed by atoms with Gasteiger partial charge in [0.05, 0.1) is 28.5 Å². The number of carbonyl (C=O) groups is 1. The van der Waals surface area contributed by atoms with Gasteiger partial charge in [0.25, 0.3) is 5.91 Å². The molecule has 0 radical (unpaired) electrons. The van der Waals surface area contributed by atoms with Gasteiger partial charge in [-0.1, -0.05) is 53.6 Å². The number of halogens is 3. The number of methoxy groups -OCH3 is 1. The summed E-state index contributed by atoms with van der Waals surface area (Å²) in [6.45, 7) is 2.40. The predicted octanol–water partition coefficient (Wildman–Crippen LogP) is 5.66. The molecule has 0 aromatic heterocycles. The van der Waals surface area contributed by atoms with Crippen molar-refractivity contribution in [2.75, 3.05) is 50.1 Å². The fourth-order valence-corrected chi connectivity index (χ4v) is 4.55. The number of amides is 1. The molecule has 1 heterocycles. The van der Waals surface area contributed by atoms with Crippen LogP contribution in [0.25, 0.3) is 0 Å². The lowest BCUT2D eigenvalue weighted by atomic mass is 10.1. The van der Waals surface area contributed by atoms with Crippen LogP contribution in [0.4, 0.5) is 15.8 Å². The maximum atomic E-state index is 14.1. The number of carbonyl (C=O) groups excluding carboxylic acids is 1. The van der Waals surface area contributed by atoms with E-state index in [2.05, 4.69) is 10.2 Å². The van der Waals surface area contributed by atoms with Crippen molar-refractivity contribution in [3.05, 3.63) is 82.1 Å². The lowest BCUT2D eigenvalue weighted by Gasteiger charge is -2.37. The summed E-state index contributed by atoms with van der Waals surface area (Å²) in [5.74, 6) is 0.237. The number of rotatable bonds is 7. The van der Waals surface area contributed by atoms with Gasteiger partial charge in [0, 0.05) is 31.7 Å². The summed E-state index contributed by atoms with van der Waals surface area (Å²) in [6.07, 6.45) is 0. The van der Waals surface area contributed by atoms with E-state index in [0.717, 1.165) is 5.56 Å². The van der Waals surface area contributed by atoms with Gasteiger partial charge < -0.3 is 24.6 Å². The van der Waals surface area contributed by atoms with Crippen LogP contribution in [-0.4, -0.2) is 55.7 Å². The molecule has 6 nitrogen and oxygen atoms in total. The van der Waals surface area contributed by atoms with Gasteiger partial charge in [-0.3, -0.25) is 4.79 Å². The number of benzene rings is 3. The first-order valence-electron chi connectivity index (χ1n) is 11.2. The molecular weight excluding hydrogens is 524 g/mol. The van der Waals surface area contributed by atoms with Crippen LogP contribution in [0.5, 0.6) is 11.5 Å². The predicted molar refractivity (Wildman–Crippen MR) is 145 cm³/mol. The van der Waals surface area contributed by atoms with Gasteiger partial charge in [0.15, 0.2) is 18.1 Å². The minimum atomic E-state index is -0.395. The highest BCUT2D eigenvalue weighted by atomic mass is 35.5. The summed E-state index contributed by atoms with van der Waals surface area (Å²) in [6, 6.07) is 17.1. The van der Waals surface area contributed by atoms with Gasteiger partial charge in [-0.15, -0.1) is 0 Å². The Kier molecular flexibility index (Phi) is 8.51. The molecule has 0 spiro atoms. The van der Waals surface area contributed by atoms with Crippen LogP contribution < -0.4 is 19.7 Å². The van der Waals surface area contributed by atoms with Gasteiger partial charge in [-0.2, -0.15) is 0 Å². The quantitative estimate of drug-likeness (QED) is 0.385. The van der Waals surface area contributed by atoms with E-state index >= 15 is 0 Å². The topological polar surface area (TPSA) is 54.0 Å². The summed E-state index contributed by atoms with van der Waals surface area (Å²) in [5.41, 5.74) is 1.80. The molecule has 3 aromatic carbocycles. The van der Waals surface area contributed by atoms with Crippen LogP contribution >= 0.6 is 35.4 Å². The second kappa shape index (κ2) is 11.8. The Morgan fingerprint density at radius 1 is 1.03 bits per heavy atom. The SMILES string of the molecule is COc1cc(C(=S)N2CCN(c3ccccc3F)CC2)ccc1OCC(=O)Nc1cccc(Cl)c1Cl. The summed E-state index contributed by atoms with van der Waals surface area (Å²) in [5, 5.41) is 3.28. The van der Waals surface area contributed by atoms with Gasteiger partial charge in [-0.25, -0.2) is 4.39 Å². The van der Waals surface area contributed by atoms with Crippen molar-refractivity contribution < 1.29 is 18.7 Å². The van der Waals surface area contributed by atoms with E-state index in [4.69, 9.17) is 44.9 Å². The van der Waals surface area contributed by atoms with E-state index < -0.39 is 5.91 Å². The Morgan fingerprint density at radius 2 is 1.78 bits per heavy atom. The Balaban J connectivity index is 1.35. The van der Waals surface area contributed by atoms with Crippen LogP contribution in [-0.2, 0) is 4.79 Å². The molecule has 0 atom stereocenters. The van der Waals surface area contributed by atoms with Gasteiger partial charge in [0.1, 0.15) is 10.8 Å². The number of hydrogen-bond donors (Lipinski definition) is 1. The fourth-order valence-electron chi connectivity index (χ4n) is 3.89. The molecule has 36 heavy (non-hydrogen) atoms. The van der Waals surface area contributed by atoms with Gasteiger partial charge >= 0.3 is 0 Å². The summed E-state index contributed by atoms with van der Waals surface area (Å²) >= 11 is 17.8. The number of para-hydroxylation sites is 1. The highest BCUT2D eigenvalue weighted by molar-refractivity contribution is 7.80. The zero-order chi connectivity index (χ0) is 25.7. The average molecular weight is 548 g/mol. The third-order valence-electron chi connectivity index (χ3n) is 5.76. The standard InChI is InChI=1S/C26H24Cl2FN3O3S/c1-34-23-15-17(26(36)32-13-11-31(12-14-32)21-8-3-2-6-19(21)29)9-10-22(23)35-16-24(33)30-20-7-4-5-18(27)25(20)28/h2-10,15H,11-14,16H2,1H3,(H,30,33). The smallest absolute Gasteiger partial charge is 0.262 e. The molecule has 4 rings (SSSR count).